The summed E-state index contributed by atoms with van der Waals surface area (Å²) in [4.78, 5) is 13.2. The van der Waals surface area contributed by atoms with Gasteiger partial charge in [-0.05, 0) is 51.7 Å². The molecule has 0 aliphatic rings. The standard InChI is InChI=1S/C25H51NO2.Li/c1-3-5-7-9-11-13-15-18-22-26(24-20-17-21-25(27)28)23-19-16-14-12-10-8-6-4-2;/h3-24H2,1-2H3,(H,27,28);/q;+1/p-1. The molecule has 0 aromatic rings. The van der Waals surface area contributed by atoms with E-state index in [1.165, 1.54) is 116 Å². The third kappa shape index (κ3) is 26.0. The van der Waals surface area contributed by atoms with Gasteiger partial charge in [-0.2, -0.15) is 0 Å². The number of hydrogen-bond acceptors (Lipinski definition) is 3. The molecule has 0 atom stereocenters. The van der Waals surface area contributed by atoms with Crippen molar-refractivity contribution in [1.29, 1.82) is 0 Å². The number of unbranched alkanes of at least 4 members (excludes halogenated alkanes) is 15. The van der Waals surface area contributed by atoms with Crippen LogP contribution < -0.4 is 24.0 Å². The second-order valence-electron chi connectivity index (χ2n) is 8.62. The van der Waals surface area contributed by atoms with Crippen molar-refractivity contribution in [2.45, 2.75) is 136 Å². The van der Waals surface area contributed by atoms with Crippen LogP contribution in [0.5, 0.6) is 0 Å². The quantitative estimate of drug-likeness (QED) is 0.194. The van der Waals surface area contributed by atoms with E-state index in [4.69, 9.17) is 0 Å². The number of carboxylic acids is 1. The molecular formula is C25H50LiNO2. The molecule has 0 aliphatic carbocycles. The fourth-order valence-corrected chi connectivity index (χ4v) is 3.88. The van der Waals surface area contributed by atoms with Crippen molar-refractivity contribution in [3.63, 3.8) is 0 Å². The molecule has 0 unspecified atom stereocenters. The van der Waals surface area contributed by atoms with Gasteiger partial charge in [0, 0.05) is 5.97 Å². The predicted octanol–water partition coefficient (Wildman–Crippen LogP) is 3.49. The van der Waals surface area contributed by atoms with Crippen LogP contribution >= 0.6 is 0 Å². The van der Waals surface area contributed by atoms with E-state index in [0.29, 0.717) is 0 Å². The second-order valence-corrected chi connectivity index (χ2v) is 8.62. The maximum absolute atomic E-state index is 10.6. The van der Waals surface area contributed by atoms with Gasteiger partial charge in [0.2, 0.25) is 0 Å². The van der Waals surface area contributed by atoms with Crippen LogP contribution in [0.2, 0.25) is 0 Å². The van der Waals surface area contributed by atoms with E-state index in [0.717, 1.165) is 19.4 Å². The average Bonchev–Trinajstić information content (AvgIpc) is 2.68. The maximum Gasteiger partial charge on any atom is 1.00 e. The molecule has 4 heteroatoms. The molecule has 168 valence electrons. The molecule has 0 radical (unpaired) electrons. The van der Waals surface area contributed by atoms with Gasteiger partial charge < -0.3 is 14.8 Å². The molecule has 3 nitrogen and oxygen atoms in total. The minimum Gasteiger partial charge on any atom is -0.550 e. The number of hydrogen-bond donors (Lipinski definition) is 0. The van der Waals surface area contributed by atoms with E-state index in [9.17, 15) is 9.90 Å². The van der Waals surface area contributed by atoms with Crippen LogP contribution in [0.4, 0.5) is 0 Å². The zero-order valence-electron chi connectivity index (χ0n) is 20.3. The Morgan fingerprint density at radius 2 is 0.862 bits per heavy atom. The summed E-state index contributed by atoms with van der Waals surface area (Å²) >= 11 is 0. The Kier molecular flexibility index (Phi) is 28.1. The summed E-state index contributed by atoms with van der Waals surface area (Å²) in [7, 11) is 0. The van der Waals surface area contributed by atoms with E-state index < -0.39 is 5.97 Å². The smallest absolute Gasteiger partial charge is 0.550 e. The summed E-state index contributed by atoms with van der Waals surface area (Å²) in [5, 5.41) is 10.6. The first-order chi connectivity index (χ1) is 13.7. The Balaban J connectivity index is 0. The molecule has 0 aromatic carbocycles. The summed E-state index contributed by atoms with van der Waals surface area (Å²) in [6, 6.07) is 0. The van der Waals surface area contributed by atoms with Gasteiger partial charge in [0.1, 0.15) is 0 Å². The van der Waals surface area contributed by atoms with Crippen LogP contribution in [0.1, 0.15) is 136 Å². The molecule has 0 heterocycles. The van der Waals surface area contributed by atoms with E-state index in [2.05, 4.69) is 18.7 Å². The molecule has 0 rings (SSSR count). The van der Waals surface area contributed by atoms with Crippen molar-refractivity contribution in [2.75, 3.05) is 19.6 Å². The second kappa shape index (κ2) is 26.1. The molecule has 29 heavy (non-hydrogen) atoms. The fraction of sp³-hybridized carbons (Fsp3) is 0.960. The number of carbonyl (C=O) groups excluding carboxylic acids is 1. The summed E-state index contributed by atoms with van der Waals surface area (Å²) in [6.07, 6.45) is 23.8. The summed E-state index contributed by atoms with van der Waals surface area (Å²) < 4.78 is 0. The SMILES string of the molecule is CCCCCCCCCCN(CCCCCCCCCC)CCCCC(=O)[O-].[Li+]. The summed E-state index contributed by atoms with van der Waals surface area (Å²) in [6.45, 7) is 7.98. The number of nitrogens with zero attached hydrogens (tertiary/aromatic N) is 1. The monoisotopic (exact) mass is 403 g/mol. The summed E-state index contributed by atoms with van der Waals surface area (Å²) in [5.74, 6) is -0.905. The van der Waals surface area contributed by atoms with Gasteiger partial charge in [0.05, 0.1) is 0 Å². The third-order valence-corrected chi connectivity index (χ3v) is 5.76. The fourth-order valence-electron chi connectivity index (χ4n) is 3.88. The molecule has 0 saturated carbocycles. The van der Waals surface area contributed by atoms with Crippen LogP contribution in [-0.4, -0.2) is 30.5 Å². The van der Waals surface area contributed by atoms with Crippen LogP contribution in [0, 0.1) is 0 Å². The van der Waals surface area contributed by atoms with E-state index in [-0.39, 0.29) is 25.3 Å². The van der Waals surface area contributed by atoms with Crippen molar-refractivity contribution in [2.24, 2.45) is 0 Å². The van der Waals surface area contributed by atoms with Gasteiger partial charge in [-0.25, -0.2) is 0 Å². The van der Waals surface area contributed by atoms with Crippen molar-refractivity contribution in [1.82, 2.24) is 4.90 Å². The number of rotatable bonds is 23. The normalized spacial score (nSPS) is 11.0. The largest absolute Gasteiger partial charge is 1.00 e. The van der Waals surface area contributed by atoms with Crippen molar-refractivity contribution < 1.29 is 28.8 Å². The van der Waals surface area contributed by atoms with Gasteiger partial charge in [-0.1, -0.05) is 104 Å². The number of aliphatic carboxylic acids is 1. The van der Waals surface area contributed by atoms with Gasteiger partial charge in [-0.15, -0.1) is 0 Å². The van der Waals surface area contributed by atoms with Gasteiger partial charge in [0.15, 0.2) is 0 Å². The maximum atomic E-state index is 10.6. The third-order valence-electron chi connectivity index (χ3n) is 5.76. The molecule has 0 fully saturated rings. The van der Waals surface area contributed by atoms with Crippen LogP contribution in [0.15, 0.2) is 0 Å². The van der Waals surface area contributed by atoms with Crippen LogP contribution in [-0.2, 0) is 4.79 Å². The Bertz CT molecular complexity index is 306. The van der Waals surface area contributed by atoms with Gasteiger partial charge in [0.25, 0.3) is 0 Å². The molecule has 0 amide bonds. The Morgan fingerprint density at radius 3 is 1.21 bits per heavy atom. The van der Waals surface area contributed by atoms with E-state index in [1.54, 1.807) is 0 Å². The number of carboxylic acid groups (broad SMARTS) is 1. The van der Waals surface area contributed by atoms with Crippen molar-refractivity contribution >= 4 is 5.97 Å². The number of carbonyl (C=O) groups is 1. The van der Waals surface area contributed by atoms with Gasteiger partial charge in [-0.3, -0.25) is 0 Å². The van der Waals surface area contributed by atoms with Crippen molar-refractivity contribution in [3.8, 4) is 0 Å². The van der Waals surface area contributed by atoms with Gasteiger partial charge >= 0.3 is 18.9 Å². The Labute approximate surface area is 195 Å². The molecule has 0 saturated heterocycles. The van der Waals surface area contributed by atoms with Crippen molar-refractivity contribution in [3.05, 3.63) is 0 Å². The molecule has 0 bridgehead atoms. The zero-order valence-corrected chi connectivity index (χ0v) is 20.3. The average molecular weight is 404 g/mol. The first-order valence-corrected chi connectivity index (χ1v) is 12.6. The zero-order chi connectivity index (χ0) is 20.7. The molecule has 0 aromatic heterocycles. The molecule has 0 aliphatic heterocycles. The Morgan fingerprint density at radius 1 is 0.552 bits per heavy atom. The molecule has 0 spiro atoms. The van der Waals surface area contributed by atoms with Crippen LogP contribution in [0.3, 0.4) is 0 Å². The first-order valence-electron chi connectivity index (χ1n) is 12.6. The molecular weight excluding hydrogens is 353 g/mol. The van der Waals surface area contributed by atoms with Crippen LogP contribution in [0.25, 0.3) is 0 Å². The first kappa shape index (κ1) is 31.2. The Hall–Kier alpha value is 0.0274. The minimum absolute atomic E-state index is 0. The van der Waals surface area contributed by atoms with E-state index >= 15 is 0 Å². The van der Waals surface area contributed by atoms with E-state index in [1.807, 2.05) is 0 Å². The topological polar surface area (TPSA) is 43.4 Å². The summed E-state index contributed by atoms with van der Waals surface area (Å²) in [5.41, 5.74) is 0. The predicted molar refractivity (Wildman–Crippen MR) is 121 cm³/mol. The minimum atomic E-state index is -0.905. The molecule has 0 N–H and O–H groups in total.